The highest BCUT2D eigenvalue weighted by molar-refractivity contribution is 6.04. The van der Waals surface area contributed by atoms with Crippen molar-refractivity contribution in [1.29, 1.82) is 0 Å². The standard InChI is InChI=1S/C16H17F3N2O3/c17-16(18,19)11-1-3-12(4-2-11)20-7-9-21(10-8-20)13(22)15(5-6-15)14(23)24/h1-4H,5-10H2,(H,23,24). The van der Waals surface area contributed by atoms with E-state index in [2.05, 4.69) is 0 Å². The molecule has 1 heterocycles. The van der Waals surface area contributed by atoms with Crippen LogP contribution in [0.5, 0.6) is 0 Å². The third kappa shape index (κ3) is 2.92. The van der Waals surface area contributed by atoms with Gasteiger partial charge in [-0.05, 0) is 37.1 Å². The molecule has 1 aromatic rings. The van der Waals surface area contributed by atoms with E-state index in [9.17, 15) is 27.9 Å². The Morgan fingerprint density at radius 3 is 1.96 bits per heavy atom. The summed E-state index contributed by atoms with van der Waals surface area (Å²) >= 11 is 0. The summed E-state index contributed by atoms with van der Waals surface area (Å²) in [5.41, 5.74) is -1.28. The summed E-state index contributed by atoms with van der Waals surface area (Å²) in [7, 11) is 0. The maximum Gasteiger partial charge on any atom is 0.416 e. The first kappa shape index (κ1) is 16.6. The fraction of sp³-hybridized carbons (Fsp3) is 0.500. The minimum absolute atomic E-state index is 0.345. The zero-order valence-corrected chi connectivity index (χ0v) is 12.8. The molecule has 1 amide bonds. The van der Waals surface area contributed by atoms with Crippen molar-refractivity contribution in [1.82, 2.24) is 4.90 Å². The summed E-state index contributed by atoms with van der Waals surface area (Å²) in [5, 5.41) is 9.18. The first-order chi connectivity index (χ1) is 11.2. The van der Waals surface area contributed by atoms with Crippen LogP contribution < -0.4 is 4.90 Å². The second-order valence-electron chi connectivity index (χ2n) is 6.21. The second-order valence-corrected chi connectivity index (χ2v) is 6.21. The summed E-state index contributed by atoms with van der Waals surface area (Å²) in [6, 6.07) is 4.91. The van der Waals surface area contributed by atoms with Gasteiger partial charge in [-0.1, -0.05) is 0 Å². The van der Waals surface area contributed by atoms with Crippen LogP contribution in [0.1, 0.15) is 18.4 Å². The Morgan fingerprint density at radius 1 is 1.00 bits per heavy atom. The van der Waals surface area contributed by atoms with Crippen LogP contribution in [-0.4, -0.2) is 48.1 Å². The molecule has 2 fully saturated rings. The molecule has 24 heavy (non-hydrogen) atoms. The molecular formula is C16H17F3N2O3. The number of rotatable bonds is 3. The first-order valence-electron chi connectivity index (χ1n) is 7.69. The van der Waals surface area contributed by atoms with Gasteiger partial charge in [0.15, 0.2) is 0 Å². The Kier molecular flexibility index (Phi) is 3.93. The lowest BCUT2D eigenvalue weighted by Gasteiger charge is -2.37. The van der Waals surface area contributed by atoms with Crippen LogP contribution in [0.2, 0.25) is 0 Å². The van der Waals surface area contributed by atoms with Crippen molar-refractivity contribution >= 4 is 17.6 Å². The second kappa shape index (κ2) is 5.68. The topological polar surface area (TPSA) is 60.9 Å². The molecule has 130 valence electrons. The maximum absolute atomic E-state index is 12.6. The van der Waals surface area contributed by atoms with Crippen LogP contribution in [0.25, 0.3) is 0 Å². The molecule has 1 aromatic carbocycles. The Hall–Kier alpha value is -2.25. The summed E-state index contributed by atoms with van der Waals surface area (Å²) in [6.45, 7) is 1.67. The van der Waals surface area contributed by atoms with Gasteiger partial charge in [-0.25, -0.2) is 0 Å². The van der Waals surface area contributed by atoms with Gasteiger partial charge < -0.3 is 14.9 Å². The van der Waals surface area contributed by atoms with Crippen molar-refractivity contribution < 1.29 is 27.9 Å². The van der Waals surface area contributed by atoms with Crippen LogP contribution in [0.15, 0.2) is 24.3 Å². The summed E-state index contributed by atoms with van der Waals surface area (Å²) in [5.74, 6) is -1.42. The lowest BCUT2D eigenvalue weighted by Crippen LogP contribution is -2.52. The van der Waals surface area contributed by atoms with E-state index in [1.54, 1.807) is 4.90 Å². The minimum Gasteiger partial charge on any atom is -0.480 e. The van der Waals surface area contributed by atoms with E-state index in [1.165, 1.54) is 12.1 Å². The summed E-state index contributed by atoms with van der Waals surface area (Å²) in [4.78, 5) is 27.0. The average Bonchev–Trinajstić information content (AvgIpc) is 3.36. The van der Waals surface area contributed by atoms with Gasteiger partial charge in [0.05, 0.1) is 5.56 Å². The van der Waals surface area contributed by atoms with E-state index in [1.807, 2.05) is 4.90 Å². The van der Waals surface area contributed by atoms with E-state index in [0.717, 1.165) is 12.1 Å². The molecule has 1 aliphatic heterocycles. The van der Waals surface area contributed by atoms with Crippen molar-refractivity contribution in [3.05, 3.63) is 29.8 Å². The number of nitrogens with zero attached hydrogens (tertiary/aromatic N) is 2. The zero-order chi connectivity index (χ0) is 17.5. The highest BCUT2D eigenvalue weighted by Crippen LogP contribution is 2.47. The molecule has 1 N–H and O–H groups in total. The number of halogens is 3. The number of aliphatic carboxylic acids is 1. The molecule has 0 atom stereocenters. The monoisotopic (exact) mass is 342 g/mol. The third-order valence-electron chi connectivity index (χ3n) is 4.70. The number of piperazine rings is 1. The van der Waals surface area contributed by atoms with Crippen molar-refractivity contribution in [3.63, 3.8) is 0 Å². The number of anilines is 1. The molecule has 3 rings (SSSR count). The number of amides is 1. The van der Waals surface area contributed by atoms with Crippen LogP contribution in [0, 0.1) is 5.41 Å². The fourth-order valence-electron chi connectivity index (χ4n) is 2.98. The number of hydrogen-bond acceptors (Lipinski definition) is 3. The number of alkyl halides is 3. The molecule has 5 nitrogen and oxygen atoms in total. The van der Waals surface area contributed by atoms with Gasteiger partial charge in [-0.3, -0.25) is 9.59 Å². The molecule has 0 radical (unpaired) electrons. The normalized spacial score (nSPS) is 20.0. The number of carbonyl (C=O) groups is 2. The average molecular weight is 342 g/mol. The smallest absolute Gasteiger partial charge is 0.416 e. The van der Waals surface area contributed by atoms with Gasteiger partial charge in [0.1, 0.15) is 5.41 Å². The number of carbonyl (C=O) groups excluding carboxylic acids is 1. The molecule has 0 unspecified atom stereocenters. The minimum atomic E-state index is -4.36. The van der Waals surface area contributed by atoms with Crippen LogP contribution >= 0.6 is 0 Å². The summed E-state index contributed by atoms with van der Waals surface area (Å²) in [6.07, 6.45) is -3.61. The van der Waals surface area contributed by atoms with Gasteiger partial charge in [0, 0.05) is 31.9 Å². The van der Waals surface area contributed by atoms with Gasteiger partial charge in [-0.2, -0.15) is 13.2 Å². The van der Waals surface area contributed by atoms with Gasteiger partial charge >= 0.3 is 12.1 Å². The van der Waals surface area contributed by atoms with Gasteiger partial charge in [-0.15, -0.1) is 0 Å². The Balaban J connectivity index is 1.61. The number of hydrogen-bond donors (Lipinski definition) is 1. The Bertz CT molecular complexity index is 646. The Labute approximate surface area is 136 Å². The number of benzene rings is 1. The molecule has 8 heteroatoms. The van der Waals surface area contributed by atoms with E-state index in [-0.39, 0.29) is 5.91 Å². The molecule has 0 spiro atoms. The highest BCUT2D eigenvalue weighted by Gasteiger charge is 2.58. The van der Waals surface area contributed by atoms with Crippen LogP contribution in [-0.2, 0) is 15.8 Å². The Morgan fingerprint density at radius 2 is 1.54 bits per heavy atom. The fourth-order valence-corrected chi connectivity index (χ4v) is 2.98. The third-order valence-corrected chi connectivity index (χ3v) is 4.70. The highest BCUT2D eigenvalue weighted by atomic mass is 19.4. The lowest BCUT2D eigenvalue weighted by molar-refractivity contribution is -0.153. The number of carboxylic acids is 1. The van der Waals surface area contributed by atoms with E-state index < -0.39 is 23.1 Å². The maximum atomic E-state index is 12.6. The van der Waals surface area contributed by atoms with Crippen molar-refractivity contribution in [2.75, 3.05) is 31.1 Å². The van der Waals surface area contributed by atoms with Crippen LogP contribution in [0.4, 0.5) is 18.9 Å². The predicted molar refractivity (Wildman–Crippen MR) is 79.5 cm³/mol. The summed E-state index contributed by atoms with van der Waals surface area (Å²) < 4.78 is 37.7. The first-order valence-corrected chi connectivity index (χ1v) is 7.69. The SMILES string of the molecule is O=C(O)C1(C(=O)N2CCN(c3ccc(C(F)(F)F)cc3)CC2)CC1. The lowest BCUT2D eigenvalue weighted by atomic mass is 10.1. The molecule has 1 saturated carbocycles. The van der Waals surface area contributed by atoms with E-state index >= 15 is 0 Å². The zero-order valence-electron chi connectivity index (χ0n) is 12.8. The van der Waals surface area contributed by atoms with Crippen molar-refractivity contribution in [3.8, 4) is 0 Å². The van der Waals surface area contributed by atoms with Crippen molar-refractivity contribution in [2.45, 2.75) is 19.0 Å². The molecule has 0 bridgehead atoms. The van der Waals surface area contributed by atoms with Gasteiger partial charge in [0.25, 0.3) is 0 Å². The molecule has 1 aliphatic carbocycles. The van der Waals surface area contributed by atoms with E-state index in [0.29, 0.717) is 44.7 Å². The van der Waals surface area contributed by atoms with E-state index in [4.69, 9.17) is 0 Å². The molecular weight excluding hydrogens is 325 g/mol. The predicted octanol–water partition coefficient (Wildman–Crippen LogP) is 2.22. The van der Waals surface area contributed by atoms with Crippen LogP contribution in [0.3, 0.4) is 0 Å². The molecule has 0 aromatic heterocycles. The largest absolute Gasteiger partial charge is 0.480 e. The quantitative estimate of drug-likeness (QED) is 0.856. The van der Waals surface area contributed by atoms with Gasteiger partial charge in [0.2, 0.25) is 5.91 Å². The molecule has 1 saturated heterocycles. The molecule has 2 aliphatic rings. The van der Waals surface area contributed by atoms with Crippen molar-refractivity contribution in [2.24, 2.45) is 5.41 Å². The number of carboxylic acid groups (broad SMARTS) is 1.